The molecule has 0 unspecified atom stereocenters. The zero-order valence-corrected chi connectivity index (χ0v) is 14.5. The second-order valence-corrected chi connectivity index (χ2v) is 6.13. The fourth-order valence-corrected chi connectivity index (χ4v) is 3.25. The van der Waals surface area contributed by atoms with Crippen LogP contribution in [0.2, 0.25) is 0 Å². The number of hydrogen-bond acceptors (Lipinski definition) is 5. The normalized spacial score (nSPS) is 13.5. The van der Waals surface area contributed by atoms with Crippen LogP contribution < -0.4 is 5.32 Å². The Labute approximate surface area is 151 Å². The van der Waals surface area contributed by atoms with Crippen molar-refractivity contribution >= 4 is 12.1 Å². The van der Waals surface area contributed by atoms with Gasteiger partial charge < -0.3 is 19.9 Å². The van der Waals surface area contributed by atoms with Gasteiger partial charge in [-0.15, -0.1) is 0 Å². The van der Waals surface area contributed by atoms with Gasteiger partial charge in [0.05, 0.1) is 26.2 Å². The first-order valence-corrected chi connectivity index (χ1v) is 8.43. The van der Waals surface area contributed by atoms with Gasteiger partial charge in [0.15, 0.2) is 0 Å². The Hall–Kier alpha value is -2.86. The van der Waals surface area contributed by atoms with Gasteiger partial charge in [-0.1, -0.05) is 48.5 Å². The molecule has 0 aliphatic heterocycles. The molecule has 6 heteroatoms. The van der Waals surface area contributed by atoms with E-state index in [1.54, 1.807) is 0 Å². The Kier molecular flexibility index (Phi) is 5.53. The van der Waals surface area contributed by atoms with Crippen LogP contribution in [0.1, 0.15) is 23.5 Å². The standard InChI is InChI=1S/C20H21NO5/c1-25-19(23)10-13(11-22)21-20(24)26-12-18-16-8-4-2-6-14(16)15-7-3-5-9-17(15)18/h2-9,13,18,22H,10-12H2,1H3,(H,21,24)/t13-/m1/s1. The van der Waals surface area contributed by atoms with Crippen molar-refractivity contribution < 1.29 is 24.2 Å². The summed E-state index contributed by atoms with van der Waals surface area (Å²) in [7, 11) is 1.25. The third-order valence-corrected chi connectivity index (χ3v) is 4.53. The fraction of sp³-hybridized carbons (Fsp3) is 0.300. The number of nitrogens with one attached hydrogen (secondary N) is 1. The number of aliphatic hydroxyl groups is 1. The highest BCUT2D eigenvalue weighted by Crippen LogP contribution is 2.44. The fourth-order valence-electron chi connectivity index (χ4n) is 3.25. The molecule has 1 atom stereocenters. The van der Waals surface area contributed by atoms with Gasteiger partial charge in [-0.05, 0) is 22.3 Å². The van der Waals surface area contributed by atoms with E-state index in [4.69, 9.17) is 4.74 Å². The SMILES string of the molecule is COC(=O)C[C@H](CO)NC(=O)OCC1c2ccccc2-c2ccccc21. The van der Waals surface area contributed by atoms with Crippen LogP contribution in [-0.4, -0.2) is 43.5 Å². The molecule has 1 aliphatic rings. The number of alkyl carbamates (subject to hydrolysis) is 1. The van der Waals surface area contributed by atoms with Crippen LogP contribution in [0.3, 0.4) is 0 Å². The lowest BCUT2D eigenvalue weighted by Gasteiger charge is -2.17. The number of aliphatic hydroxyl groups excluding tert-OH is 1. The van der Waals surface area contributed by atoms with Gasteiger partial charge in [0.25, 0.3) is 0 Å². The minimum atomic E-state index is -0.738. The number of fused-ring (bicyclic) bond motifs is 3. The molecule has 0 fully saturated rings. The Morgan fingerprint density at radius 3 is 2.19 bits per heavy atom. The summed E-state index contributed by atoms with van der Waals surface area (Å²) in [6.45, 7) is -0.199. The second-order valence-electron chi connectivity index (χ2n) is 6.13. The molecule has 26 heavy (non-hydrogen) atoms. The largest absolute Gasteiger partial charge is 0.469 e. The number of benzene rings is 2. The third kappa shape index (κ3) is 3.70. The van der Waals surface area contributed by atoms with Crippen molar-refractivity contribution in [2.24, 2.45) is 0 Å². The van der Waals surface area contributed by atoms with E-state index in [2.05, 4.69) is 22.2 Å². The van der Waals surface area contributed by atoms with Gasteiger partial charge in [0, 0.05) is 5.92 Å². The molecule has 2 N–H and O–H groups in total. The maximum Gasteiger partial charge on any atom is 0.407 e. The highest BCUT2D eigenvalue weighted by atomic mass is 16.5. The number of esters is 1. The molecular formula is C20H21NO5. The molecule has 0 spiro atoms. The molecule has 0 bridgehead atoms. The van der Waals surface area contributed by atoms with E-state index >= 15 is 0 Å². The van der Waals surface area contributed by atoms with Gasteiger partial charge in [0.2, 0.25) is 0 Å². The minimum absolute atomic E-state index is 0.0404. The summed E-state index contributed by atoms with van der Waals surface area (Å²) in [4.78, 5) is 23.3. The molecule has 2 aromatic rings. The molecule has 1 amide bonds. The molecule has 136 valence electrons. The molecule has 3 rings (SSSR count). The average molecular weight is 355 g/mol. The van der Waals surface area contributed by atoms with Gasteiger partial charge in [-0.2, -0.15) is 0 Å². The van der Waals surface area contributed by atoms with Gasteiger partial charge in [0.1, 0.15) is 6.61 Å². The number of rotatable bonds is 6. The third-order valence-electron chi connectivity index (χ3n) is 4.53. The summed E-state index contributed by atoms with van der Waals surface area (Å²) >= 11 is 0. The van der Waals surface area contributed by atoms with Crippen LogP contribution in [-0.2, 0) is 14.3 Å². The van der Waals surface area contributed by atoms with Crippen molar-refractivity contribution in [2.45, 2.75) is 18.4 Å². The van der Waals surface area contributed by atoms with Crippen molar-refractivity contribution in [3.8, 4) is 11.1 Å². The van der Waals surface area contributed by atoms with Crippen molar-refractivity contribution in [1.29, 1.82) is 0 Å². The minimum Gasteiger partial charge on any atom is -0.469 e. The topological polar surface area (TPSA) is 84.9 Å². The molecule has 2 aromatic carbocycles. The van der Waals surface area contributed by atoms with Crippen molar-refractivity contribution in [1.82, 2.24) is 5.32 Å². The number of ether oxygens (including phenoxy) is 2. The molecule has 6 nitrogen and oxygen atoms in total. The summed E-state index contributed by atoms with van der Waals surface area (Å²) in [6, 6.07) is 15.4. The smallest absolute Gasteiger partial charge is 0.407 e. The van der Waals surface area contributed by atoms with Gasteiger partial charge >= 0.3 is 12.1 Å². The molecular weight excluding hydrogens is 334 g/mol. The number of amides is 1. The molecule has 0 radical (unpaired) electrons. The van der Waals surface area contributed by atoms with E-state index in [0.717, 1.165) is 22.3 Å². The predicted octanol–water partition coefficient (Wildman–Crippen LogP) is 2.45. The highest BCUT2D eigenvalue weighted by Gasteiger charge is 2.29. The van der Waals surface area contributed by atoms with Crippen LogP contribution in [0.15, 0.2) is 48.5 Å². The molecule has 0 heterocycles. The van der Waals surface area contributed by atoms with Crippen LogP contribution in [0.25, 0.3) is 11.1 Å². The van der Waals surface area contributed by atoms with Crippen LogP contribution in [0.4, 0.5) is 4.79 Å². The molecule has 0 saturated heterocycles. The first kappa shape index (κ1) is 17.9. The number of methoxy groups -OCH3 is 1. The van der Waals surface area contributed by atoms with Crippen molar-refractivity contribution in [3.05, 3.63) is 59.7 Å². The van der Waals surface area contributed by atoms with E-state index in [9.17, 15) is 14.7 Å². The molecule has 1 aliphatic carbocycles. The number of carbonyl (C=O) groups excluding carboxylic acids is 2. The van der Waals surface area contributed by atoms with E-state index in [-0.39, 0.29) is 25.6 Å². The first-order valence-electron chi connectivity index (χ1n) is 8.43. The van der Waals surface area contributed by atoms with Crippen LogP contribution in [0.5, 0.6) is 0 Å². The summed E-state index contributed by atoms with van der Waals surface area (Å²) < 4.78 is 9.92. The summed E-state index contributed by atoms with van der Waals surface area (Å²) in [5, 5.41) is 11.8. The number of hydrogen-bond donors (Lipinski definition) is 2. The molecule has 0 aromatic heterocycles. The lowest BCUT2D eigenvalue weighted by atomic mass is 9.98. The van der Waals surface area contributed by atoms with Crippen LogP contribution >= 0.6 is 0 Å². The van der Waals surface area contributed by atoms with Gasteiger partial charge in [-0.3, -0.25) is 4.79 Å². The van der Waals surface area contributed by atoms with Gasteiger partial charge in [-0.25, -0.2) is 4.79 Å². The zero-order chi connectivity index (χ0) is 18.5. The van der Waals surface area contributed by atoms with Crippen LogP contribution in [0, 0.1) is 0 Å². The summed E-state index contributed by atoms with van der Waals surface area (Å²) in [6.07, 6.45) is -0.785. The Balaban J connectivity index is 1.66. The maximum absolute atomic E-state index is 12.1. The van der Waals surface area contributed by atoms with E-state index in [1.165, 1.54) is 7.11 Å². The summed E-state index contributed by atoms with van der Waals surface area (Å²) in [5.74, 6) is -0.552. The lowest BCUT2D eigenvalue weighted by Crippen LogP contribution is -2.40. The van der Waals surface area contributed by atoms with Crippen molar-refractivity contribution in [2.75, 3.05) is 20.3 Å². The van der Waals surface area contributed by atoms with E-state index < -0.39 is 18.1 Å². The monoisotopic (exact) mass is 355 g/mol. The second kappa shape index (κ2) is 8.01. The highest BCUT2D eigenvalue weighted by molar-refractivity contribution is 5.79. The maximum atomic E-state index is 12.1. The Morgan fingerprint density at radius 1 is 1.08 bits per heavy atom. The summed E-state index contributed by atoms with van der Waals surface area (Å²) in [5.41, 5.74) is 4.54. The number of carbonyl (C=O) groups is 2. The molecule has 0 saturated carbocycles. The van der Waals surface area contributed by atoms with E-state index in [1.807, 2.05) is 36.4 Å². The Bertz CT molecular complexity index is 759. The van der Waals surface area contributed by atoms with Crippen molar-refractivity contribution in [3.63, 3.8) is 0 Å². The average Bonchev–Trinajstić information content (AvgIpc) is 2.99. The quantitative estimate of drug-likeness (QED) is 0.778. The first-order chi connectivity index (χ1) is 12.6. The predicted molar refractivity (Wildman–Crippen MR) is 95.7 cm³/mol. The van der Waals surface area contributed by atoms with E-state index in [0.29, 0.717) is 0 Å². The lowest BCUT2D eigenvalue weighted by molar-refractivity contribution is -0.141. The zero-order valence-electron chi connectivity index (χ0n) is 14.5. The Morgan fingerprint density at radius 2 is 1.65 bits per heavy atom.